The Morgan fingerprint density at radius 1 is 2.00 bits per heavy atom. The van der Waals surface area contributed by atoms with Gasteiger partial charge in [0.05, 0.1) is 0 Å². The maximum absolute atomic E-state index is 9.12. The molecule has 0 fully saturated rings. The van der Waals surface area contributed by atoms with Gasteiger partial charge in [-0.15, -0.1) is 0 Å². The third kappa shape index (κ3) is 2.96. The molecule has 0 saturated heterocycles. The standard InChI is InChI=1S/C2HN2O/c3-1-2(4)5/h4H. The van der Waals surface area contributed by atoms with Crippen molar-refractivity contribution in [1.82, 2.24) is 5.73 Å². The molecule has 25 valence electrons. The number of nitriles is 1. The van der Waals surface area contributed by atoms with E-state index in [1.165, 1.54) is 0 Å². The van der Waals surface area contributed by atoms with Gasteiger partial charge in [-0.05, 0) is 0 Å². The quantitative estimate of drug-likeness (QED) is 0.354. The third-order valence-electron chi connectivity index (χ3n) is 0.102. The van der Waals surface area contributed by atoms with Crippen molar-refractivity contribution in [1.29, 1.82) is 5.26 Å². The molecule has 0 aromatic heterocycles. The fraction of sp³-hybridized carbons (Fsp3) is 0. The van der Waals surface area contributed by atoms with E-state index < -0.39 is 5.91 Å². The van der Waals surface area contributed by atoms with E-state index >= 15 is 0 Å². The molecule has 0 rings (SSSR count). The zero-order valence-electron chi connectivity index (χ0n) is 2.36. The van der Waals surface area contributed by atoms with Gasteiger partial charge in [-0.1, -0.05) is 0 Å². The van der Waals surface area contributed by atoms with Crippen molar-refractivity contribution in [3.05, 3.63) is 0 Å². The van der Waals surface area contributed by atoms with Crippen LogP contribution in [-0.4, -0.2) is 5.91 Å². The van der Waals surface area contributed by atoms with Gasteiger partial charge in [0.1, 0.15) is 0 Å². The minimum absolute atomic E-state index is 1.06. The van der Waals surface area contributed by atoms with Crippen LogP contribution in [0.5, 0.6) is 0 Å². The Hall–Kier alpha value is -1.04. The van der Waals surface area contributed by atoms with E-state index in [0.717, 1.165) is 6.07 Å². The van der Waals surface area contributed by atoms with Crippen LogP contribution < -0.4 is 5.73 Å². The van der Waals surface area contributed by atoms with Gasteiger partial charge >= 0.3 is 5.91 Å². The molecule has 0 aliphatic rings. The molecular formula is C2HN2O. The largest absolute Gasteiger partial charge is 0.340 e. The maximum Gasteiger partial charge on any atom is 0.340 e. The molecule has 0 bridgehead atoms. The molecule has 0 aromatic carbocycles. The molecule has 0 spiro atoms. The molecule has 1 radical (unpaired) electrons. The van der Waals surface area contributed by atoms with Crippen molar-refractivity contribution in [3.63, 3.8) is 0 Å². The van der Waals surface area contributed by atoms with Gasteiger partial charge in [-0.25, -0.2) is 0 Å². The van der Waals surface area contributed by atoms with Crippen molar-refractivity contribution in [2.45, 2.75) is 0 Å². The highest BCUT2D eigenvalue weighted by atomic mass is 16.1. The molecule has 5 heavy (non-hydrogen) atoms. The summed E-state index contributed by atoms with van der Waals surface area (Å²) in [5.74, 6) is -1.19. The van der Waals surface area contributed by atoms with Crippen LogP contribution in [0.15, 0.2) is 0 Å². The molecular weight excluding hydrogens is 68.0 g/mol. The summed E-state index contributed by atoms with van der Waals surface area (Å²) in [5, 5.41) is 7.36. The Kier molecular flexibility index (Phi) is 1.03. The van der Waals surface area contributed by atoms with Crippen molar-refractivity contribution < 1.29 is 4.79 Å². The zero-order valence-corrected chi connectivity index (χ0v) is 2.36. The van der Waals surface area contributed by atoms with Gasteiger partial charge < -0.3 is 0 Å². The number of carbonyl (C=O) groups is 1. The fourth-order valence-electron chi connectivity index (χ4n) is 0. The molecule has 0 aliphatic heterocycles. The zero-order chi connectivity index (χ0) is 4.28. The first kappa shape index (κ1) is 3.96. The number of hydrogen-bond acceptors (Lipinski definition) is 2. The smallest absolute Gasteiger partial charge is 0.255 e. The lowest BCUT2D eigenvalue weighted by atomic mass is 10.7. The summed E-state index contributed by atoms with van der Waals surface area (Å²) in [7, 11) is 0. The van der Waals surface area contributed by atoms with Crippen molar-refractivity contribution >= 4 is 5.91 Å². The molecule has 0 heterocycles. The Labute approximate surface area is 29.0 Å². The van der Waals surface area contributed by atoms with Gasteiger partial charge in [0.15, 0.2) is 6.07 Å². The highest BCUT2D eigenvalue weighted by Crippen LogP contribution is 1.42. The average Bonchev–Trinajstić information content (AvgIpc) is 1.38. The van der Waals surface area contributed by atoms with Crippen LogP contribution in [0.25, 0.3) is 0 Å². The predicted molar refractivity (Wildman–Crippen MR) is 13.7 cm³/mol. The second-order valence-corrected chi connectivity index (χ2v) is 0.441. The summed E-state index contributed by atoms with van der Waals surface area (Å²) in [6.45, 7) is 0. The summed E-state index contributed by atoms with van der Waals surface area (Å²) in [6.07, 6.45) is 0. The second kappa shape index (κ2) is 1.30. The molecule has 3 nitrogen and oxygen atoms in total. The Balaban J connectivity index is 3.35. The molecule has 0 aliphatic carbocycles. The topological polar surface area (TPSA) is 64.7 Å². The van der Waals surface area contributed by atoms with Crippen LogP contribution in [0.1, 0.15) is 0 Å². The second-order valence-electron chi connectivity index (χ2n) is 0.441. The van der Waals surface area contributed by atoms with Gasteiger partial charge in [-0.2, -0.15) is 5.26 Å². The number of nitrogens with zero attached hydrogens (tertiary/aromatic N) is 1. The van der Waals surface area contributed by atoms with E-state index in [0.29, 0.717) is 0 Å². The van der Waals surface area contributed by atoms with Gasteiger partial charge in [0.25, 0.3) is 0 Å². The summed E-state index contributed by atoms with van der Waals surface area (Å²) >= 11 is 0. The van der Waals surface area contributed by atoms with Crippen LogP contribution in [0.4, 0.5) is 0 Å². The highest BCUT2D eigenvalue weighted by molar-refractivity contribution is 5.88. The van der Waals surface area contributed by atoms with Crippen LogP contribution in [0, 0.1) is 11.3 Å². The molecule has 0 saturated carbocycles. The molecule has 3 heteroatoms. The number of carbonyl (C=O) groups excluding carboxylic acids is 1. The number of nitrogens with one attached hydrogen (secondary N) is 1. The van der Waals surface area contributed by atoms with E-state index in [-0.39, 0.29) is 0 Å². The van der Waals surface area contributed by atoms with Crippen molar-refractivity contribution in [2.75, 3.05) is 0 Å². The Morgan fingerprint density at radius 2 is 2.20 bits per heavy atom. The Bertz CT molecular complexity index is 80.1. The normalized spacial score (nSPS) is 5.40. The molecule has 1 N–H and O–H groups in total. The lowest BCUT2D eigenvalue weighted by Crippen LogP contribution is -1.87. The van der Waals surface area contributed by atoms with Crippen LogP contribution in [-0.2, 0) is 4.79 Å². The predicted octanol–water partition coefficient (Wildman–Crippen LogP) is -0.681. The first-order valence-corrected chi connectivity index (χ1v) is 0.928. The number of amides is 1. The summed E-state index contributed by atoms with van der Waals surface area (Å²) in [4.78, 5) is 9.12. The molecule has 1 amide bonds. The lowest BCUT2D eigenvalue weighted by Gasteiger charge is -1.53. The highest BCUT2D eigenvalue weighted by Gasteiger charge is 1.78. The van der Waals surface area contributed by atoms with E-state index in [1.807, 2.05) is 0 Å². The SMILES string of the molecule is N#CC([NH])=O. The van der Waals surface area contributed by atoms with Crippen molar-refractivity contribution in [3.8, 4) is 6.07 Å². The summed E-state index contributed by atoms with van der Waals surface area (Å²) < 4.78 is 0. The lowest BCUT2D eigenvalue weighted by molar-refractivity contribution is -0.113. The van der Waals surface area contributed by atoms with Crippen LogP contribution >= 0.6 is 0 Å². The number of rotatable bonds is 0. The van der Waals surface area contributed by atoms with Gasteiger partial charge in [0, 0.05) is 0 Å². The monoisotopic (exact) mass is 69.0 g/mol. The molecule has 0 unspecified atom stereocenters. The molecule has 0 aromatic rings. The minimum Gasteiger partial charge on any atom is -0.255 e. The number of hydrogen-bond donors (Lipinski definition) is 0. The van der Waals surface area contributed by atoms with E-state index in [4.69, 9.17) is 15.8 Å². The van der Waals surface area contributed by atoms with E-state index in [2.05, 4.69) is 0 Å². The van der Waals surface area contributed by atoms with Gasteiger partial charge in [0.2, 0.25) is 0 Å². The maximum atomic E-state index is 9.12. The minimum atomic E-state index is -1.19. The van der Waals surface area contributed by atoms with E-state index in [9.17, 15) is 0 Å². The summed E-state index contributed by atoms with van der Waals surface area (Å²) in [6, 6.07) is 1.06. The first-order chi connectivity index (χ1) is 2.27. The van der Waals surface area contributed by atoms with Gasteiger partial charge in [-0.3, -0.25) is 10.5 Å². The van der Waals surface area contributed by atoms with Crippen molar-refractivity contribution in [2.24, 2.45) is 0 Å². The molecule has 0 atom stereocenters. The Morgan fingerprint density at radius 3 is 2.20 bits per heavy atom. The first-order valence-electron chi connectivity index (χ1n) is 0.928. The van der Waals surface area contributed by atoms with E-state index in [1.54, 1.807) is 0 Å². The fourth-order valence-corrected chi connectivity index (χ4v) is 0. The average molecular weight is 69.0 g/mol. The summed E-state index contributed by atoms with van der Waals surface area (Å²) in [5.41, 5.74) is 5.83. The third-order valence-corrected chi connectivity index (χ3v) is 0.102. The van der Waals surface area contributed by atoms with Crippen LogP contribution in [0.3, 0.4) is 0 Å². The van der Waals surface area contributed by atoms with Crippen LogP contribution in [0.2, 0.25) is 0 Å².